The largest absolute Gasteiger partial charge is 0.394 e. The standard InChI is InChI=1S/C21H27N5O7S/c1-25(2)15-7-3-6-14-13(15)5-4-8-17(14)34(31,32)22-9-12-10-26(24-23-12)18-20(29)19(28)16(11-27)33-21(18)30/h3-8,10,16,18-22,27-30H,9,11H2,1-2H3/t16-,18-,19-,20-,21+/m1/s1. The highest BCUT2D eigenvalue weighted by Gasteiger charge is 2.45. The number of aliphatic hydroxyl groups is 4. The van der Waals surface area contributed by atoms with E-state index in [1.54, 1.807) is 18.2 Å². The first-order chi connectivity index (χ1) is 16.1. The van der Waals surface area contributed by atoms with Gasteiger partial charge in [0.25, 0.3) is 0 Å². The summed E-state index contributed by atoms with van der Waals surface area (Å²) >= 11 is 0. The molecular weight excluding hydrogens is 466 g/mol. The summed E-state index contributed by atoms with van der Waals surface area (Å²) in [6.45, 7) is -0.787. The maximum absolute atomic E-state index is 13.1. The molecule has 5 atom stereocenters. The highest BCUT2D eigenvalue weighted by molar-refractivity contribution is 7.89. The molecule has 2 aromatic carbocycles. The zero-order chi connectivity index (χ0) is 24.6. The summed E-state index contributed by atoms with van der Waals surface area (Å²) in [5.41, 5.74) is 1.10. The molecular formula is C21H27N5O7S. The van der Waals surface area contributed by atoms with Crippen molar-refractivity contribution in [3.05, 3.63) is 48.3 Å². The number of anilines is 1. The van der Waals surface area contributed by atoms with Crippen LogP contribution in [0.1, 0.15) is 11.7 Å². The summed E-state index contributed by atoms with van der Waals surface area (Å²) in [7, 11) is -0.160. The smallest absolute Gasteiger partial charge is 0.241 e. The third-order valence-corrected chi connectivity index (χ3v) is 7.26. The molecule has 4 rings (SSSR count). The minimum absolute atomic E-state index is 0.116. The number of benzene rings is 2. The van der Waals surface area contributed by atoms with Crippen LogP contribution in [0.2, 0.25) is 0 Å². The Bertz CT molecular complexity index is 1270. The van der Waals surface area contributed by atoms with Crippen molar-refractivity contribution >= 4 is 26.5 Å². The number of aromatic nitrogens is 3. The lowest BCUT2D eigenvalue weighted by Gasteiger charge is -2.39. The van der Waals surface area contributed by atoms with Crippen LogP contribution in [0.3, 0.4) is 0 Å². The number of ether oxygens (including phenoxy) is 1. The predicted octanol–water partition coefficient (Wildman–Crippen LogP) is -1.05. The van der Waals surface area contributed by atoms with Crippen LogP contribution in [-0.2, 0) is 21.3 Å². The third kappa shape index (κ3) is 4.51. The van der Waals surface area contributed by atoms with Crippen molar-refractivity contribution in [1.82, 2.24) is 19.7 Å². The van der Waals surface area contributed by atoms with E-state index >= 15 is 0 Å². The van der Waals surface area contributed by atoms with Crippen LogP contribution in [0, 0.1) is 0 Å². The van der Waals surface area contributed by atoms with E-state index in [4.69, 9.17) is 4.74 Å². The number of rotatable bonds is 7. The average molecular weight is 494 g/mol. The second-order valence-electron chi connectivity index (χ2n) is 8.26. The second-order valence-corrected chi connectivity index (χ2v) is 9.99. The molecule has 1 aliphatic rings. The van der Waals surface area contributed by atoms with E-state index in [0.717, 1.165) is 15.8 Å². The lowest BCUT2D eigenvalue weighted by Crippen LogP contribution is -2.56. The van der Waals surface area contributed by atoms with Crippen LogP contribution in [0.4, 0.5) is 5.69 Å². The SMILES string of the molecule is CN(C)c1cccc2c(S(=O)(=O)NCc3cn([C@@H]4[C@@H](O)[C@H](O)[C@@H](CO)O[C@@H]4O)nn3)cccc12. The zero-order valence-corrected chi connectivity index (χ0v) is 19.4. The molecule has 184 valence electrons. The van der Waals surface area contributed by atoms with Crippen molar-refractivity contribution in [2.75, 3.05) is 25.6 Å². The normalized spacial score (nSPS) is 25.5. The Hall–Kier alpha value is -2.65. The summed E-state index contributed by atoms with van der Waals surface area (Å²) in [5, 5.41) is 48.9. The Kier molecular flexibility index (Phi) is 6.87. The Morgan fingerprint density at radius 3 is 2.50 bits per heavy atom. The van der Waals surface area contributed by atoms with Gasteiger partial charge >= 0.3 is 0 Å². The topological polar surface area (TPSA) is 170 Å². The van der Waals surface area contributed by atoms with Gasteiger partial charge in [-0.05, 0) is 12.1 Å². The summed E-state index contributed by atoms with van der Waals surface area (Å²) in [6.07, 6.45) is -4.33. The van der Waals surface area contributed by atoms with Crippen molar-refractivity contribution < 1.29 is 33.6 Å². The van der Waals surface area contributed by atoms with Crippen molar-refractivity contribution in [1.29, 1.82) is 0 Å². The van der Waals surface area contributed by atoms with Gasteiger partial charge in [-0.25, -0.2) is 17.8 Å². The predicted molar refractivity (Wildman–Crippen MR) is 121 cm³/mol. The van der Waals surface area contributed by atoms with Gasteiger partial charge in [-0.1, -0.05) is 29.5 Å². The van der Waals surface area contributed by atoms with Crippen molar-refractivity contribution in [2.45, 2.75) is 42.1 Å². The number of nitrogens with one attached hydrogen (secondary N) is 1. The quantitative estimate of drug-likeness (QED) is 0.274. The number of hydrogen-bond donors (Lipinski definition) is 5. The minimum Gasteiger partial charge on any atom is -0.394 e. The first-order valence-electron chi connectivity index (χ1n) is 10.5. The fourth-order valence-electron chi connectivity index (χ4n) is 4.04. The van der Waals surface area contributed by atoms with Crippen LogP contribution in [0.25, 0.3) is 10.8 Å². The van der Waals surface area contributed by atoms with E-state index < -0.39 is 47.3 Å². The average Bonchev–Trinajstić information content (AvgIpc) is 3.27. The number of sulfonamides is 1. The van der Waals surface area contributed by atoms with E-state index in [1.807, 2.05) is 31.1 Å². The van der Waals surface area contributed by atoms with Gasteiger partial charge in [-0.3, -0.25) is 0 Å². The highest BCUT2D eigenvalue weighted by atomic mass is 32.2. The molecule has 0 aliphatic carbocycles. The first kappa shape index (κ1) is 24.5. The number of nitrogens with zero attached hydrogens (tertiary/aromatic N) is 4. The maximum Gasteiger partial charge on any atom is 0.241 e. The fourth-order valence-corrected chi connectivity index (χ4v) is 5.26. The molecule has 2 heterocycles. The molecule has 0 amide bonds. The molecule has 1 aromatic heterocycles. The van der Waals surface area contributed by atoms with Gasteiger partial charge in [0.05, 0.1) is 29.9 Å². The summed E-state index contributed by atoms with van der Waals surface area (Å²) in [6, 6.07) is 9.29. The minimum atomic E-state index is -3.92. The molecule has 0 bridgehead atoms. The molecule has 0 radical (unpaired) electrons. The van der Waals surface area contributed by atoms with Gasteiger partial charge in [-0.2, -0.15) is 0 Å². The Balaban J connectivity index is 1.54. The maximum atomic E-state index is 13.1. The van der Waals surface area contributed by atoms with Crippen LogP contribution in [0.15, 0.2) is 47.5 Å². The van der Waals surface area contributed by atoms with E-state index in [0.29, 0.717) is 5.39 Å². The molecule has 1 aliphatic heterocycles. The lowest BCUT2D eigenvalue weighted by molar-refractivity contribution is -0.265. The summed E-state index contributed by atoms with van der Waals surface area (Å²) in [4.78, 5) is 2.02. The lowest BCUT2D eigenvalue weighted by atomic mass is 9.97. The van der Waals surface area contributed by atoms with Crippen molar-refractivity contribution in [3.8, 4) is 0 Å². The van der Waals surface area contributed by atoms with Gasteiger partial charge in [0, 0.05) is 30.6 Å². The van der Waals surface area contributed by atoms with Gasteiger partial charge in [-0.15, -0.1) is 5.10 Å². The second kappa shape index (κ2) is 9.54. The molecule has 1 saturated heterocycles. The molecule has 1 fully saturated rings. The molecule has 13 heteroatoms. The third-order valence-electron chi connectivity index (χ3n) is 5.80. The van der Waals surface area contributed by atoms with E-state index in [1.165, 1.54) is 12.3 Å². The number of aliphatic hydroxyl groups excluding tert-OH is 4. The Morgan fingerprint density at radius 1 is 1.09 bits per heavy atom. The zero-order valence-electron chi connectivity index (χ0n) is 18.6. The number of hydrogen-bond acceptors (Lipinski definition) is 10. The van der Waals surface area contributed by atoms with Crippen LogP contribution < -0.4 is 9.62 Å². The van der Waals surface area contributed by atoms with Gasteiger partial charge in [0.15, 0.2) is 6.29 Å². The fraction of sp³-hybridized carbons (Fsp3) is 0.429. The van der Waals surface area contributed by atoms with Gasteiger partial charge in [0.2, 0.25) is 10.0 Å². The van der Waals surface area contributed by atoms with E-state index in [2.05, 4.69) is 15.0 Å². The first-order valence-corrected chi connectivity index (χ1v) is 12.0. The van der Waals surface area contributed by atoms with Crippen molar-refractivity contribution in [3.63, 3.8) is 0 Å². The summed E-state index contributed by atoms with van der Waals surface area (Å²) in [5.74, 6) is 0. The van der Waals surface area contributed by atoms with Crippen LogP contribution in [-0.4, -0.2) is 89.1 Å². The molecule has 34 heavy (non-hydrogen) atoms. The summed E-state index contributed by atoms with van der Waals surface area (Å²) < 4.78 is 34.9. The monoisotopic (exact) mass is 493 g/mol. The van der Waals surface area contributed by atoms with Crippen molar-refractivity contribution in [2.24, 2.45) is 0 Å². The molecule has 0 unspecified atom stereocenters. The van der Waals surface area contributed by atoms with Crippen LogP contribution >= 0.6 is 0 Å². The Morgan fingerprint density at radius 2 is 1.79 bits per heavy atom. The van der Waals surface area contributed by atoms with E-state index in [9.17, 15) is 28.8 Å². The van der Waals surface area contributed by atoms with Gasteiger partial charge < -0.3 is 30.1 Å². The molecule has 12 nitrogen and oxygen atoms in total. The van der Waals surface area contributed by atoms with E-state index in [-0.39, 0.29) is 17.1 Å². The highest BCUT2D eigenvalue weighted by Crippen LogP contribution is 2.31. The molecule has 3 aromatic rings. The molecule has 5 N–H and O–H groups in total. The number of fused-ring (bicyclic) bond motifs is 1. The molecule has 0 saturated carbocycles. The van der Waals surface area contributed by atoms with Gasteiger partial charge in [0.1, 0.15) is 24.4 Å². The Labute approximate surface area is 196 Å². The molecule has 0 spiro atoms. The van der Waals surface area contributed by atoms with Crippen LogP contribution in [0.5, 0.6) is 0 Å².